The highest BCUT2D eigenvalue weighted by molar-refractivity contribution is 5.12. The predicted molar refractivity (Wildman–Crippen MR) is 59.8 cm³/mol. The number of nitrogens with one attached hydrogen (secondary N) is 2. The standard InChI is InChI=1S/C11H16N4O/c1-2-4-12-10(11-7-13-15-14-11)6-9-3-5-16-8-9/h3,5,7-8,10,12H,2,4,6H2,1H3,(H,13,14,15). The molecule has 0 saturated heterocycles. The number of nitrogens with zero attached hydrogens (tertiary/aromatic N) is 2. The smallest absolute Gasteiger partial charge is 0.0997 e. The quantitative estimate of drug-likeness (QED) is 0.777. The molecule has 5 nitrogen and oxygen atoms in total. The fourth-order valence-electron chi connectivity index (χ4n) is 1.62. The molecule has 0 amide bonds. The van der Waals surface area contributed by atoms with Gasteiger partial charge < -0.3 is 9.73 Å². The van der Waals surface area contributed by atoms with Crippen molar-refractivity contribution in [3.8, 4) is 0 Å². The average molecular weight is 220 g/mol. The highest BCUT2D eigenvalue weighted by Gasteiger charge is 2.14. The molecule has 86 valence electrons. The van der Waals surface area contributed by atoms with Crippen molar-refractivity contribution in [3.05, 3.63) is 36.0 Å². The van der Waals surface area contributed by atoms with Gasteiger partial charge in [0, 0.05) is 0 Å². The largest absolute Gasteiger partial charge is 0.472 e. The molecular weight excluding hydrogens is 204 g/mol. The topological polar surface area (TPSA) is 66.7 Å². The Kier molecular flexibility index (Phi) is 3.71. The summed E-state index contributed by atoms with van der Waals surface area (Å²) in [4.78, 5) is 0. The highest BCUT2D eigenvalue weighted by Crippen LogP contribution is 2.15. The Labute approximate surface area is 94.2 Å². The van der Waals surface area contributed by atoms with Gasteiger partial charge in [-0.2, -0.15) is 15.4 Å². The minimum atomic E-state index is 0.191. The van der Waals surface area contributed by atoms with Crippen molar-refractivity contribution in [1.29, 1.82) is 0 Å². The van der Waals surface area contributed by atoms with E-state index in [4.69, 9.17) is 4.42 Å². The van der Waals surface area contributed by atoms with E-state index in [0.29, 0.717) is 0 Å². The second-order valence-electron chi connectivity index (χ2n) is 3.74. The van der Waals surface area contributed by atoms with Gasteiger partial charge in [-0.25, -0.2) is 0 Å². The molecule has 0 aliphatic heterocycles. The van der Waals surface area contributed by atoms with Gasteiger partial charge in [0.2, 0.25) is 0 Å². The molecule has 1 atom stereocenters. The van der Waals surface area contributed by atoms with E-state index in [1.807, 2.05) is 6.07 Å². The summed E-state index contributed by atoms with van der Waals surface area (Å²) in [7, 11) is 0. The van der Waals surface area contributed by atoms with E-state index in [-0.39, 0.29) is 6.04 Å². The van der Waals surface area contributed by atoms with Gasteiger partial charge in [-0.1, -0.05) is 6.92 Å². The van der Waals surface area contributed by atoms with E-state index >= 15 is 0 Å². The van der Waals surface area contributed by atoms with Crippen LogP contribution in [0.3, 0.4) is 0 Å². The number of aromatic nitrogens is 3. The predicted octanol–water partition coefficient (Wildman–Crippen LogP) is 1.68. The highest BCUT2D eigenvalue weighted by atomic mass is 16.3. The molecule has 1 unspecified atom stereocenters. The average Bonchev–Trinajstić information content (AvgIpc) is 2.96. The van der Waals surface area contributed by atoms with E-state index in [1.165, 1.54) is 0 Å². The van der Waals surface area contributed by atoms with Gasteiger partial charge in [0.1, 0.15) is 0 Å². The van der Waals surface area contributed by atoms with Gasteiger partial charge >= 0.3 is 0 Å². The van der Waals surface area contributed by atoms with Crippen LogP contribution < -0.4 is 5.32 Å². The van der Waals surface area contributed by atoms with Crippen LogP contribution in [0.5, 0.6) is 0 Å². The minimum Gasteiger partial charge on any atom is -0.472 e. The first-order valence-electron chi connectivity index (χ1n) is 5.50. The third-order valence-corrected chi connectivity index (χ3v) is 2.45. The van der Waals surface area contributed by atoms with Crippen LogP contribution in [0.25, 0.3) is 0 Å². The third kappa shape index (κ3) is 2.70. The minimum absolute atomic E-state index is 0.191. The van der Waals surface area contributed by atoms with Crippen molar-refractivity contribution >= 4 is 0 Å². The van der Waals surface area contributed by atoms with Crippen LogP contribution in [0.2, 0.25) is 0 Å². The van der Waals surface area contributed by atoms with Gasteiger partial charge in [-0.05, 0) is 31.0 Å². The van der Waals surface area contributed by atoms with Crippen molar-refractivity contribution in [2.75, 3.05) is 6.54 Å². The summed E-state index contributed by atoms with van der Waals surface area (Å²) < 4.78 is 5.07. The molecule has 2 heterocycles. The molecular formula is C11H16N4O. The summed E-state index contributed by atoms with van der Waals surface area (Å²) in [6.45, 7) is 3.11. The lowest BCUT2D eigenvalue weighted by Crippen LogP contribution is -2.24. The first-order valence-corrected chi connectivity index (χ1v) is 5.50. The van der Waals surface area contributed by atoms with Crippen molar-refractivity contribution in [3.63, 3.8) is 0 Å². The number of furan rings is 1. The van der Waals surface area contributed by atoms with Gasteiger partial charge in [0.15, 0.2) is 0 Å². The summed E-state index contributed by atoms with van der Waals surface area (Å²) in [5.41, 5.74) is 2.10. The maximum Gasteiger partial charge on any atom is 0.0997 e. The van der Waals surface area contributed by atoms with E-state index in [9.17, 15) is 0 Å². The Bertz CT molecular complexity index is 382. The van der Waals surface area contributed by atoms with Crippen LogP contribution in [0.4, 0.5) is 0 Å². The Balaban J connectivity index is 2.03. The second-order valence-corrected chi connectivity index (χ2v) is 3.74. The Hall–Kier alpha value is -1.62. The number of rotatable bonds is 6. The van der Waals surface area contributed by atoms with Crippen LogP contribution in [0.15, 0.2) is 29.2 Å². The zero-order valence-corrected chi connectivity index (χ0v) is 9.31. The van der Waals surface area contributed by atoms with E-state index in [2.05, 4.69) is 27.7 Å². The first-order chi connectivity index (χ1) is 7.90. The Morgan fingerprint density at radius 2 is 2.50 bits per heavy atom. The molecule has 0 aliphatic rings. The fourth-order valence-corrected chi connectivity index (χ4v) is 1.62. The zero-order valence-electron chi connectivity index (χ0n) is 9.31. The summed E-state index contributed by atoms with van der Waals surface area (Å²) in [5, 5.41) is 14.1. The lowest BCUT2D eigenvalue weighted by Gasteiger charge is -2.14. The van der Waals surface area contributed by atoms with Crippen LogP contribution in [-0.4, -0.2) is 22.0 Å². The molecule has 0 saturated carbocycles. The van der Waals surface area contributed by atoms with Crippen molar-refractivity contribution < 1.29 is 4.42 Å². The Morgan fingerprint density at radius 1 is 1.56 bits per heavy atom. The number of aromatic amines is 1. The molecule has 5 heteroatoms. The normalized spacial score (nSPS) is 12.8. The zero-order chi connectivity index (χ0) is 11.2. The molecule has 16 heavy (non-hydrogen) atoms. The van der Waals surface area contributed by atoms with Crippen molar-refractivity contribution in [2.24, 2.45) is 0 Å². The summed E-state index contributed by atoms with van der Waals surface area (Å²) >= 11 is 0. The van der Waals surface area contributed by atoms with Crippen LogP contribution in [0.1, 0.15) is 30.6 Å². The van der Waals surface area contributed by atoms with Gasteiger partial charge in [0.05, 0.1) is 30.5 Å². The molecule has 0 aliphatic carbocycles. The maximum absolute atomic E-state index is 5.07. The lowest BCUT2D eigenvalue weighted by molar-refractivity contribution is 0.510. The molecule has 0 spiro atoms. The molecule has 2 aromatic rings. The van der Waals surface area contributed by atoms with Gasteiger partial charge in [-0.15, -0.1) is 0 Å². The molecule has 0 aromatic carbocycles. The van der Waals surface area contributed by atoms with Crippen LogP contribution >= 0.6 is 0 Å². The van der Waals surface area contributed by atoms with Crippen LogP contribution in [0, 0.1) is 0 Å². The summed E-state index contributed by atoms with van der Waals surface area (Å²) in [6, 6.07) is 2.16. The number of hydrogen-bond acceptors (Lipinski definition) is 4. The molecule has 0 radical (unpaired) electrons. The van der Waals surface area contributed by atoms with Crippen molar-refractivity contribution in [2.45, 2.75) is 25.8 Å². The molecule has 0 bridgehead atoms. The molecule has 2 N–H and O–H groups in total. The first kappa shape index (κ1) is 10.9. The van der Waals surface area contributed by atoms with E-state index in [0.717, 1.165) is 30.6 Å². The fraction of sp³-hybridized carbons (Fsp3) is 0.455. The number of hydrogen-bond donors (Lipinski definition) is 2. The summed E-state index contributed by atoms with van der Waals surface area (Å²) in [6.07, 6.45) is 7.17. The second kappa shape index (κ2) is 5.46. The third-order valence-electron chi connectivity index (χ3n) is 2.45. The monoisotopic (exact) mass is 220 g/mol. The molecule has 2 aromatic heterocycles. The lowest BCUT2D eigenvalue weighted by atomic mass is 10.1. The maximum atomic E-state index is 5.07. The number of H-pyrrole nitrogens is 1. The SMILES string of the molecule is CCCNC(Cc1ccoc1)c1cn[nH]n1. The van der Waals surface area contributed by atoms with E-state index in [1.54, 1.807) is 18.7 Å². The van der Waals surface area contributed by atoms with E-state index < -0.39 is 0 Å². The van der Waals surface area contributed by atoms with Gasteiger partial charge in [-0.3, -0.25) is 0 Å². The Morgan fingerprint density at radius 3 is 3.12 bits per heavy atom. The molecule has 2 rings (SSSR count). The summed E-state index contributed by atoms with van der Waals surface area (Å²) in [5.74, 6) is 0. The van der Waals surface area contributed by atoms with Crippen molar-refractivity contribution in [1.82, 2.24) is 20.7 Å². The van der Waals surface area contributed by atoms with Crippen LogP contribution in [-0.2, 0) is 6.42 Å². The van der Waals surface area contributed by atoms with Gasteiger partial charge in [0.25, 0.3) is 0 Å². The molecule has 0 fully saturated rings.